The van der Waals surface area contributed by atoms with E-state index in [0.717, 1.165) is 0 Å². The fourth-order valence-corrected chi connectivity index (χ4v) is 1.42. The van der Waals surface area contributed by atoms with E-state index < -0.39 is 0 Å². The third kappa shape index (κ3) is 3.91. The van der Waals surface area contributed by atoms with Crippen LogP contribution >= 0.6 is 11.6 Å². The molecule has 1 aromatic carbocycles. The molecular formula is C12H17ClN2O2. The lowest BCUT2D eigenvalue weighted by molar-refractivity contribution is -0.119. The average molecular weight is 257 g/mol. The van der Waals surface area contributed by atoms with Gasteiger partial charge in [0.15, 0.2) is 0 Å². The molecule has 0 aliphatic rings. The maximum Gasteiger partial charge on any atom is 0.228 e. The molecule has 0 radical (unpaired) electrons. The van der Waals surface area contributed by atoms with Gasteiger partial charge in [-0.3, -0.25) is 4.79 Å². The Balaban J connectivity index is 2.87. The smallest absolute Gasteiger partial charge is 0.228 e. The number of nitrogens with two attached hydrogens (primary N) is 1. The molecule has 0 aliphatic heterocycles. The van der Waals surface area contributed by atoms with Crippen LogP contribution < -0.4 is 15.8 Å². The van der Waals surface area contributed by atoms with Crippen molar-refractivity contribution in [3.8, 4) is 5.75 Å². The number of amides is 1. The molecule has 3 N–H and O–H groups in total. The number of anilines is 1. The number of hydrogen-bond donors (Lipinski definition) is 2. The molecule has 0 heterocycles. The molecule has 1 unspecified atom stereocenters. The van der Waals surface area contributed by atoms with E-state index in [1.165, 1.54) is 0 Å². The van der Waals surface area contributed by atoms with Crippen molar-refractivity contribution in [3.63, 3.8) is 0 Å². The molecule has 1 rings (SSSR count). The summed E-state index contributed by atoms with van der Waals surface area (Å²) in [6.45, 7) is 4.47. The van der Waals surface area contributed by atoms with Crippen LogP contribution in [0.3, 0.4) is 0 Å². The van der Waals surface area contributed by atoms with Crippen molar-refractivity contribution in [1.29, 1.82) is 0 Å². The summed E-state index contributed by atoms with van der Waals surface area (Å²) < 4.78 is 5.40. The normalized spacial score (nSPS) is 12.0. The quantitative estimate of drug-likeness (QED) is 0.849. The van der Waals surface area contributed by atoms with Crippen LogP contribution in [0.15, 0.2) is 18.2 Å². The molecule has 0 saturated heterocycles. The second-order valence-corrected chi connectivity index (χ2v) is 4.14. The van der Waals surface area contributed by atoms with Crippen molar-refractivity contribution >= 4 is 23.2 Å². The zero-order valence-electron chi connectivity index (χ0n) is 10.00. The number of nitrogens with one attached hydrogen (secondary N) is 1. The maximum atomic E-state index is 11.7. The summed E-state index contributed by atoms with van der Waals surface area (Å²) in [6.07, 6.45) is 0. The van der Waals surface area contributed by atoms with Crippen LogP contribution in [0.4, 0.5) is 5.69 Å². The van der Waals surface area contributed by atoms with Crippen LogP contribution in [0.25, 0.3) is 0 Å². The Labute approximate surface area is 106 Å². The van der Waals surface area contributed by atoms with Gasteiger partial charge in [0.05, 0.1) is 12.3 Å². The Hall–Kier alpha value is -1.26. The van der Waals surface area contributed by atoms with E-state index in [9.17, 15) is 4.79 Å². The van der Waals surface area contributed by atoms with E-state index in [1.54, 1.807) is 25.1 Å². The van der Waals surface area contributed by atoms with Gasteiger partial charge < -0.3 is 15.8 Å². The summed E-state index contributed by atoms with van der Waals surface area (Å²) in [7, 11) is 0. The van der Waals surface area contributed by atoms with Crippen molar-refractivity contribution in [2.75, 3.05) is 18.5 Å². The van der Waals surface area contributed by atoms with Crippen LogP contribution in [-0.2, 0) is 4.79 Å². The number of carbonyl (C=O) groups is 1. The maximum absolute atomic E-state index is 11.7. The van der Waals surface area contributed by atoms with E-state index in [1.807, 2.05) is 6.92 Å². The zero-order chi connectivity index (χ0) is 12.8. The summed E-state index contributed by atoms with van der Waals surface area (Å²) in [5.74, 6) is 0.216. The van der Waals surface area contributed by atoms with Gasteiger partial charge in [-0.2, -0.15) is 0 Å². The minimum Gasteiger partial charge on any atom is -0.492 e. The lowest BCUT2D eigenvalue weighted by atomic mass is 10.1. The first-order valence-corrected chi connectivity index (χ1v) is 5.89. The van der Waals surface area contributed by atoms with Gasteiger partial charge in [-0.05, 0) is 25.1 Å². The molecule has 94 valence electrons. The number of carbonyl (C=O) groups excluding carboxylic acids is 1. The monoisotopic (exact) mass is 256 g/mol. The van der Waals surface area contributed by atoms with Crippen LogP contribution in [-0.4, -0.2) is 19.1 Å². The van der Waals surface area contributed by atoms with Crippen LogP contribution in [0, 0.1) is 5.92 Å². The Morgan fingerprint density at radius 3 is 2.88 bits per heavy atom. The number of ether oxygens (including phenoxy) is 1. The number of hydrogen-bond acceptors (Lipinski definition) is 3. The van der Waals surface area contributed by atoms with Gasteiger partial charge in [-0.25, -0.2) is 0 Å². The number of rotatable bonds is 5. The van der Waals surface area contributed by atoms with E-state index in [-0.39, 0.29) is 11.8 Å². The molecular weight excluding hydrogens is 240 g/mol. The fraction of sp³-hybridized carbons (Fsp3) is 0.417. The lowest BCUT2D eigenvalue weighted by Gasteiger charge is -2.14. The molecule has 0 aromatic heterocycles. The Morgan fingerprint density at radius 1 is 1.59 bits per heavy atom. The van der Waals surface area contributed by atoms with Crippen LogP contribution in [0.2, 0.25) is 5.02 Å². The summed E-state index contributed by atoms with van der Waals surface area (Å²) in [6, 6.07) is 5.11. The average Bonchev–Trinajstić information content (AvgIpc) is 2.31. The van der Waals surface area contributed by atoms with Gasteiger partial charge in [-0.1, -0.05) is 18.5 Å². The van der Waals surface area contributed by atoms with Crippen molar-refractivity contribution in [2.45, 2.75) is 13.8 Å². The Kier molecular flexibility index (Phi) is 5.25. The van der Waals surface area contributed by atoms with Gasteiger partial charge in [-0.15, -0.1) is 0 Å². The lowest BCUT2D eigenvalue weighted by Crippen LogP contribution is -2.26. The summed E-state index contributed by atoms with van der Waals surface area (Å²) in [4.78, 5) is 11.7. The molecule has 0 bridgehead atoms. The topological polar surface area (TPSA) is 64.3 Å². The van der Waals surface area contributed by atoms with Crippen molar-refractivity contribution in [1.82, 2.24) is 0 Å². The highest BCUT2D eigenvalue weighted by Crippen LogP contribution is 2.28. The molecule has 0 fully saturated rings. The zero-order valence-corrected chi connectivity index (χ0v) is 10.8. The molecule has 4 nitrogen and oxygen atoms in total. The molecule has 17 heavy (non-hydrogen) atoms. The minimum absolute atomic E-state index is 0.143. The molecule has 1 atom stereocenters. The third-order valence-corrected chi connectivity index (χ3v) is 2.54. The van der Waals surface area contributed by atoms with Crippen LogP contribution in [0.1, 0.15) is 13.8 Å². The summed E-state index contributed by atoms with van der Waals surface area (Å²) in [5.41, 5.74) is 6.01. The highest BCUT2D eigenvalue weighted by Gasteiger charge is 2.13. The summed E-state index contributed by atoms with van der Waals surface area (Å²) >= 11 is 5.88. The molecule has 1 aromatic rings. The molecule has 1 amide bonds. The first kappa shape index (κ1) is 13.8. The molecule has 0 spiro atoms. The van der Waals surface area contributed by atoms with Gasteiger partial charge in [0.25, 0.3) is 0 Å². The van der Waals surface area contributed by atoms with Gasteiger partial charge in [0.2, 0.25) is 5.91 Å². The van der Waals surface area contributed by atoms with E-state index >= 15 is 0 Å². The van der Waals surface area contributed by atoms with Crippen LogP contribution in [0.5, 0.6) is 5.75 Å². The number of benzene rings is 1. The molecule has 0 saturated carbocycles. The SMILES string of the molecule is CCOc1ccc(Cl)cc1NC(=O)C(C)CN. The summed E-state index contributed by atoms with van der Waals surface area (Å²) in [5, 5.41) is 3.30. The predicted molar refractivity (Wildman–Crippen MR) is 69.5 cm³/mol. The molecule has 0 aliphatic carbocycles. The minimum atomic E-state index is -0.247. The van der Waals surface area contributed by atoms with Crippen molar-refractivity contribution < 1.29 is 9.53 Å². The van der Waals surface area contributed by atoms with E-state index in [4.69, 9.17) is 22.1 Å². The standard InChI is InChI=1S/C12H17ClN2O2/c1-3-17-11-5-4-9(13)6-10(11)15-12(16)8(2)7-14/h4-6,8H,3,7,14H2,1-2H3,(H,15,16). The van der Waals surface area contributed by atoms with E-state index in [2.05, 4.69) is 5.32 Å². The van der Waals surface area contributed by atoms with Crippen molar-refractivity contribution in [2.24, 2.45) is 11.7 Å². The molecule has 5 heteroatoms. The van der Waals surface area contributed by atoms with Gasteiger partial charge in [0.1, 0.15) is 5.75 Å². The Morgan fingerprint density at radius 2 is 2.29 bits per heavy atom. The largest absolute Gasteiger partial charge is 0.492 e. The first-order chi connectivity index (χ1) is 8.08. The first-order valence-electron chi connectivity index (χ1n) is 5.51. The predicted octanol–water partition coefficient (Wildman–Crippen LogP) is 2.27. The second kappa shape index (κ2) is 6.47. The van der Waals surface area contributed by atoms with E-state index in [0.29, 0.717) is 29.6 Å². The fourth-order valence-electron chi connectivity index (χ4n) is 1.24. The second-order valence-electron chi connectivity index (χ2n) is 3.70. The van der Waals surface area contributed by atoms with Crippen molar-refractivity contribution in [3.05, 3.63) is 23.2 Å². The third-order valence-electron chi connectivity index (χ3n) is 2.30. The van der Waals surface area contributed by atoms with Gasteiger partial charge >= 0.3 is 0 Å². The number of halogens is 1. The Bertz CT molecular complexity index is 396. The highest BCUT2D eigenvalue weighted by molar-refractivity contribution is 6.31. The van der Waals surface area contributed by atoms with Gasteiger partial charge in [0, 0.05) is 17.5 Å². The highest BCUT2D eigenvalue weighted by atomic mass is 35.5.